The van der Waals surface area contributed by atoms with Crippen molar-refractivity contribution in [3.8, 4) is 0 Å². The van der Waals surface area contributed by atoms with Gasteiger partial charge in [0.25, 0.3) is 0 Å². The lowest BCUT2D eigenvalue weighted by Gasteiger charge is -2.47. The van der Waals surface area contributed by atoms with Crippen molar-refractivity contribution in [2.75, 3.05) is 13.6 Å². The van der Waals surface area contributed by atoms with Gasteiger partial charge in [-0.25, -0.2) is 0 Å². The summed E-state index contributed by atoms with van der Waals surface area (Å²) in [6, 6.07) is 2.28. The van der Waals surface area contributed by atoms with Gasteiger partial charge in [0.15, 0.2) is 0 Å². The van der Waals surface area contributed by atoms with Crippen LogP contribution < -0.4 is 5.32 Å². The molecule has 0 heterocycles. The SMILES string of the molecule is CCCNC1CC(C)CC(C)C1N(C)C1CCCCCC1. The van der Waals surface area contributed by atoms with Crippen molar-refractivity contribution in [3.63, 3.8) is 0 Å². The molecule has 0 bridgehead atoms. The molecule has 0 saturated heterocycles. The van der Waals surface area contributed by atoms with Crippen molar-refractivity contribution < 1.29 is 0 Å². The van der Waals surface area contributed by atoms with E-state index < -0.39 is 0 Å². The summed E-state index contributed by atoms with van der Waals surface area (Å²) in [6.45, 7) is 8.40. The summed E-state index contributed by atoms with van der Waals surface area (Å²) in [6.07, 6.45) is 12.7. The summed E-state index contributed by atoms with van der Waals surface area (Å²) in [7, 11) is 2.42. The van der Waals surface area contributed by atoms with Gasteiger partial charge in [0.1, 0.15) is 0 Å². The first-order chi connectivity index (χ1) is 10.1. The third kappa shape index (κ3) is 4.69. The predicted molar refractivity (Wildman–Crippen MR) is 92.7 cm³/mol. The van der Waals surface area contributed by atoms with Gasteiger partial charge in [0.05, 0.1) is 0 Å². The van der Waals surface area contributed by atoms with Crippen LogP contribution in [0.5, 0.6) is 0 Å². The van der Waals surface area contributed by atoms with E-state index in [4.69, 9.17) is 0 Å². The van der Waals surface area contributed by atoms with Crippen molar-refractivity contribution in [1.82, 2.24) is 10.2 Å². The van der Waals surface area contributed by atoms with Crippen molar-refractivity contribution in [2.24, 2.45) is 11.8 Å². The number of nitrogens with one attached hydrogen (secondary N) is 1. The molecule has 0 aromatic carbocycles. The Bertz CT molecular complexity index is 283. The third-order valence-corrected chi connectivity index (χ3v) is 5.95. The minimum absolute atomic E-state index is 0.706. The molecule has 0 amide bonds. The van der Waals surface area contributed by atoms with Crippen LogP contribution in [-0.2, 0) is 0 Å². The van der Waals surface area contributed by atoms with Crippen LogP contribution in [0.4, 0.5) is 0 Å². The zero-order valence-electron chi connectivity index (χ0n) is 14.9. The Balaban J connectivity index is 2.03. The summed E-state index contributed by atoms with van der Waals surface area (Å²) in [5, 5.41) is 3.88. The minimum Gasteiger partial charge on any atom is -0.312 e. The van der Waals surface area contributed by atoms with E-state index >= 15 is 0 Å². The fourth-order valence-electron chi connectivity index (χ4n) is 4.97. The highest BCUT2D eigenvalue weighted by molar-refractivity contribution is 4.95. The predicted octanol–water partition coefficient (Wildman–Crippen LogP) is 4.44. The first-order valence-electron chi connectivity index (χ1n) is 9.58. The molecule has 2 aliphatic rings. The molecule has 0 spiro atoms. The van der Waals surface area contributed by atoms with Gasteiger partial charge in [0, 0.05) is 18.1 Å². The lowest BCUT2D eigenvalue weighted by molar-refractivity contribution is 0.0453. The average Bonchev–Trinajstić information content (AvgIpc) is 2.73. The molecule has 0 aromatic heterocycles. The van der Waals surface area contributed by atoms with E-state index in [1.54, 1.807) is 0 Å². The quantitative estimate of drug-likeness (QED) is 0.754. The van der Waals surface area contributed by atoms with Crippen molar-refractivity contribution in [3.05, 3.63) is 0 Å². The van der Waals surface area contributed by atoms with E-state index in [1.807, 2.05) is 0 Å². The van der Waals surface area contributed by atoms with Crippen LogP contribution in [0.1, 0.15) is 78.6 Å². The lowest BCUT2D eigenvalue weighted by atomic mass is 9.75. The van der Waals surface area contributed by atoms with Crippen LogP contribution in [0, 0.1) is 11.8 Å². The molecule has 4 unspecified atom stereocenters. The van der Waals surface area contributed by atoms with Gasteiger partial charge >= 0.3 is 0 Å². The van der Waals surface area contributed by atoms with Gasteiger partial charge in [0.2, 0.25) is 0 Å². The Hall–Kier alpha value is -0.0800. The molecule has 2 fully saturated rings. The maximum atomic E-state index is 3.88. The standard InChI is InChI=1S/C19H38N2/c1-5-12-20-18-14-15(2)13-16(3)19(18)21(4)17-10-8-6-7-9-11-17/h15-20H,5-14H2,1-4H3. The molecule has 2 saturated carbocycles. The number of hydrogen-bond acceptors (Lipinski definition) is 2. The molecule has 0 aliphatic heterocycles. The van der Waals surface area contributed by atoms with Crippen LogP contribution in [0.3, 0.4) is 0 Å². The molecule has 21 heavy (non-hydrogen) atoms. The number of rotatable bonds is 5. The van der Waals surface area contributed by atoms with Crippen molar-refractivity contribution in [2.45, 2.75) is 96.7 Å². The lowest BCUT2D eigenvalue weighted by Crippen LogP contribution is -2.58. The molecule has 124 valence electrons. The Morgan fingerprint density at radius 1 is 1.00 bits per heavy atom. The second kappa shape index (κ2) is 8.53. The highest BCUT2D eigenvalue weighted by atomic mass is 15.2. The normalized spacial score (nSPS) is 35.9. The van der Waals surface area contributed by atoms with Gasteiger partial charge < -0.3 is 5.32 Å². The van der Waals surface area contributed by atoms with E-state index in [2.05, 4.69) is 38.0 Å². The Kier molecular flexibility index (Phi) is 7.01. The largest absolute Gasteiger partial charge is 0.312 e. The zero-order valence-corrected chi connectivity index (χ0v) is 14.9. The first-order valence-corrected chi connectivity index (χ1v) is 9.58. The van der Waals surface area contributed by atoms with Crippen LogP contribution in [-0.4, -0.2) is 36.6 Å². The fourth-order valence-corrected chi connectivity index (χ4v) is 4.97. The van der Waals surface area contributed by atoms with Gasteiger partial charge in [-0.3, -0.25) is 4.90 Å². The molecular formula is C19H38N2. The molecule has 4 atom stereocenters. The Labute approximate surface area is 133 Å². The summed E-state index contributed by atoms with van der Waals surface area (Å²) in [5.41, 5.74) is 0. The van der Waals surface area contributed by atoms with Crippen LogP contribution >= 0.6 is 0 Å². The topological polar surface area (TPSA) is 15.3 Å². The van der Waals surface area contributed by atoms with E-state index in [1.165, 1.54) is 64.3 Å². The first kappa shape index (κ1) is 17.3. The molecule has 0 aromatic rings. The second-order valence-electron chi connectivity index (χ2n) is 7.92. The molecule has 1 N–H and O–H groups in total. The summed E-state index contributed by atoms with van der Waals surface area (Å²) < 4.78 is 0. The summed E-state index contributed by atoms with van der Waals surface area (Å²) in [4.78, 5) is 2.79. The van der Waals surface area contributed by atoms with E-state index in [9.17, 15) is 0 Å². The van der Waals surface area contributed by atoms with E-state index in [0.29, 0.717) is 6.04 Å². The second-order valence-corrected chi connectivity index (χ2v) is 7.92. The van der Waals surface area contributed by atoms with E-state index in [-0.39, 0.29) is 0 Å². The van der Waals surface area contributed by atoms with Gasteiger partial charge in [-0.05, 0) is 57.5 Å². The fraction of sp³-hybridized carbons (Fsp3) is 1.00. The number of nitrogens with zero attached hydrogens (tertiary/aromatic N) is 1. The molecule has 2 aliphatic carbocycles. The smallest absolute Gasteiger partial charge is 0.0274 e. The summed E-state index contributed by atoms with van der Waals surface area (Å²) >= 11 is 0. The molecule has 0 radical (unpaired) electrons. The number of hydrogen-bond donors (Lipinski definition) is 1. The minimum atomic E-state index is 0.706. The summed E-state index contributed by atoms with van der Waals surface area (Å²) in [5.74, 6) is 1.71. The highest BCUT2D eigenvalue weighted by Gasteiger charge is 2.38. The highest BCUT2D eigenvalue weighted by Crippen LogP contribution is 2.34. The molecule has 2 rings (SSSR count). The van der Waals surface area contributed by atoms with Crippen molar-refractivity contribution in [1.29, 1.82) is 0 Å². The zero-order chi connectivity index (χ0) is 15.2. The van der Waals surface area contributed by atoms with Gasteiger partial charge in [-0.15, -0.1) is 0 Å². The van der Waals surface area contributed by atoms with Crippen LogP contribution in [0.25, 0.3) is 0 Å². The van der Waals surface area contributed by atoms with Gasteiger partial charge in [-0.1, -0.05) is 46.5 Å². The van der Waals surface area contributed by atoms with Gasteiger partial charge in [-0.2, -0.15) is 0 Å². The van der Waals surface area contributed by atoms with E-state index in [0.717, 1.165) is 23.9 Å². The molecular weight excluding hydrogens is 256 g/mol. The Morgan fingerprint density at radius 3 is 2.29 bits per heavy atom. The van der Waals surface area contributed by atoms with Crippen LogP contribution in [0.2, 0.25) is 0 Å². The van der Waals surface area contributed by atoms with Crippen molar-refractivity contribution >= 4 is 0 Å². The monoisotopic (exact) mass is 294 g/mol. The molecule has 2 nitrogen and oxygen atoms in total. The number of likely N-dealkylation sites (N-methyl/N-ethyl adjacent to an activating group) is 1. The average molecular weight is 295 g/mol. The van der Waals surface area contributed by atoms with Crippen LogP contribution in [0.15, 0.2) is 0 Å². The maximum absolute atomic E-state index is 3.88. The Morgan fingerprint density at radius 2 is 1.67 bits per heavy atom. The maximum Gasteiger partial charge on any atom is 0.0274 e. The molecule has 2 heteroatoms. The third-order valence-electron chi connectivity index (χ3n) is 5.95.